The highest BCUT2D eigenvalue weighted by atomic mass is 16.5. The van der Waals surface area contributed by atoms with Crippen molar-refractivity contribution in [1.82, 2.24) is 4.90 Å². The molecule has 1 aromatic carbocycles. The molecule has 0 spiro atoms. The fourth-order valence-electron chi connectivity index (χ4n) is 4.18. The molecule has 2 fully saturated rings. The van der Waals surface area contributed by atoms with Crippen molar-refractivity contribution in [3.63, 3.8) is 0 Å². The summed E-state index contributed by atoms with van der Waals surface area (Å²) in [4.78, 5) is 2.74. The first-order valence-corrected chi connectivity index (χ1v) is 9.53. The van der Waals surface area contributed by atoms with Crippen LogP contribution in [0.5, 0.6) is 11.5 Å². The molecule has 1 saturated heterocycles. The van der Waals surface area contributed by atoms with Crippen molar-refractivity contribution in [2.24, 2.45) is 0 Å². The molecule has 1 aromatic rings. The predicted molar refractivity (Wildman–Crippen MR) is 99.3 cm³/mol. The monoisotopic (exact) mass is 332 g/mol. The predicted octanol–water partition coefficient (Wildman–Crippen LogP) is 4.30. The van der Waals surface area contributed by atoms with Gasteiger partial charge in [0, 0.05) is 31.2 Å². The van der Waals surface area contributed by atoms with Gasteiger partial charge >= 0.3 is 0 Å². The number of likely N-dealkylation sites (tertiary alicyclic amines) is 1. The summed E-state index contributed by atoms with van der Waals surface area (Å²) < 4.78 is 10.8. The minimum Gasteiger partial charge on any atom is -0.497 e. The average molecular weight is 332 g/mol. The Labute approximate surface area is 146 Å². The molecule has 0 aromatic heterocycles. The summed E-state index contributed by atoms with van der Waals surface area (Å²) in [5.74, 6) is 1.76. The molecule has 0 bridgehead atoms. The third kappa shape index (κ3) is 4.35. The standard InChI is InChI=1S/C20H32N2O2/c1-23-18-9-10-20(24-2)19(15-18)21-16-11-13-22(14-12-16)17-7-5-3-4-6-8-17/h9-10,15-17,21H,3-8,11-14H2,1-2H3. The van der Waals surface area contributed by atoms with Crippen LogP contribution in [0.3, 0.4) is 0 Å². The Morgan fingerprint density at radius 3 is 2.25 bits per heavy atom. The summed E-state index contributed by atoms with van der Waals surface area (Å²) >= 11 is 0. The van der Waals surface area contributed by atoms with Crippen LogP contribution in [0.15, 0.2) is 18.2 Å². The Bertz CT molecular complexity index is 504. The van der Waals surface area contributed by atoms with E-state index < -0.39 is 0 Å². The number of piperidine rings is 1. The molecule has 1 aliphatic carbocycles. The molecule has 24 heavy (non-hydrogen) atoms. The van der Waals surface area contributed by atoms with Crippen LogP contribution in [0.2, 0.25) is 0 Å². The van der Waals surface area contributed by atoms with Crippen LogP contribution < -0.4 is 14.8 Å². The second-order valence-electron chi connectivity index (χ2n) is 7.17. The second kappa shape index (κ2) is 8.61. The SMILES string of the molecule is COc1ccc(OC)c(NC2CCN(C3CCCCCC3)CC2)c1. The van der Waals surface area contributed by atoms with Gasteiger partial charge in [-0.2, -0.15) is 0 Å². The minimum absolute atomic E-state index is 0.521. The van der Waals surface area contributed by atoms with Crippen LogP contribution in [-0.4, -0.2) is 44.3 Å². The highest BCUT2D eigenvalue weighted by Crippen LogP contribution is 2.31. The van der Waals surface area contributed by atoms with Crippen LogP contribution in [0.1, 0.15) is 51.4 Å². The second-order valence-corrected chi connectivity index (χ2v) is 7.17. The molecule has 134 valence electrons. The van der Waals surface area contributed by atoms with Crippen molar-refractivity contribution in [2.75, 3.05) is 32.6 Å². The molecule has 4 heteroatoms. The molecule has 1 aliphatic heterocycles. The Hall–Kier alpha value is -1.42. The number of nitrogens with one attached hydrogen (secondary N) is 1. The maximum absolute atomic E-state index is 5.49. The van der Waals surface area contributed by atoms with E-state index in [2.05, 4.69) is 10.2 Å². The summed E-state index contributed by atoms with van der Waals surface area (Å²) in [5.41, 5.74) is 1.05. The maximum atomic E-state index is 5.49. The van der Waals surface area contributed by atoms with Crippen molar-refractivity contribution in [2.45, 2.75) is 63.5 Å². The number of nitrogens with zero attached hydrogens (tertiary/aromatic N) is 1. The van der Waals surface area contributed by atoms with E-state index in [9.17, 15) is 0 Å². The smallest absolute Gasteiger partial charge is 0.142 e. The summed E-state index contributed by atoms with van der Waals surface area (Å²) in [5, 5.41) is 3.68. The molecule has 1 saturated carbocycles. The zero-order valence-corrected chi connectivity index (χ0v) is 15.2. The van der Waals surface area contributed by atoms with Gasteiger partial charge in [-0.25, -0.2) is 0 Å². The topological polar surface area (TPSA) is 33.7 Å². The molecular formula is C20H32N2O2. The highest BCUT2D eigenvalue weighted by Gasteiger charge is 2.26. The Kier molecular flexibility index (Phi) is 6.24. The first kappa shape index (κ1) is 17.4. The van der Waals surface area contributed by atoms with Gasteiger partial charge < -0.3 is 19.7 Å². The van der Waals surface area contributed by atoms with Crippen molar-refractivity contribution in [3.05, 3.63) is 18.2 Å². The minimum atomic E-state index is 0.521. The van der Waals surface area contributed by atoms with Crippen LogP contribution in [0.4, 0.5) is 5.69 Å². The summed E-state index contributed by atoms with van der Waals surface area (Å²) in [6.07, 6.45) is 10.9. The Morgan fingerprint density at radius 1 is 0.917 bits per heavy atom. The van der Waals surface area contributed by atoms with E-state index in [0.29, 0.717) is 6.04 Å². The zero-order valence-electron chi connectivity index (χ0n) is 15.2. The number of benzene rings is 1. The van der Waals surface area contributed by atoms with E-state index in [1.807, 2.05) is 18.2 Å². The van der Waals surface area contributed by atoms with Crippen LogP contribution in [0, 0.1) is 0 Å². The van der Waals surface area contributed by atoms with Crippen molar-refractivity contribution >= 4 is 5.69 Å². The number of ether oxygens (including phenoxy) is 2. The van der Waals surface area contributed by atoms with E-state index in [4.69, 9.17) is 9.47 Å². The van der Waals surface area contributed by atoms with Crippen molar-refractivity contribution in [1.29, 1.82) is 0 Å². The van der Waals surface area contributed by atoms with Gasteiger partial charge in [0.2, 0.25) is 0 Å². The van der Waals surface area contributed by atoms with Gasteiger partial charge in [-0.15, -0.1) is 0 Å². The van der Waals surface area contributed by atoms with Gasteiger partial charge in [-0.1, -0.05) is 25.7 Å². The molecule has 3 rings (SSSR count). The molecular weight excluding hydrogens is 300 g/mol. The fourth-order valence-corrected chi connectivity index (χ4v) is 4.18. The van der Waals surface area contributed by atoms with Gasteiger partial charge in [0.1, 0.15) is 11.5 Å². The van der Waals surface area contributed by atoms with Crippen LogP contribution >= 0.6 is 0 Å². The van der Waals surface area contributed by atoms with Gasteiger partial charge in [0.25, 0.3) is 0 Å². The van der Waals surface area contributed by atoms with E-state index >= 15 is 0 Å². The summed E-state index contributed by atoms with van der Waals surface area (Å²) in [7, 11) is 3.43. The highest BCUT2D eigenvalue weighted by molar-refractivity contribution is 5.60. The van der Waals surface area contributed by atoms with Crippen LogP contribution in [0.25, 0.3) is 0 Å². The van der Waals surface area contributed by atoms with Crippen LogP contribution in [-0.2, 0) is 0 Å². The normalized spacial score (nSPS) is 21.2. The zero-order chi connectivity index (χ0) is 16.8. The van der Waals surface area contributed by atoms with E-state index in [0.717, 1.165) is 23.2 Å². The van der Waals surface area contributed by atoms with Gasteiger partial charge in [0.05, 0.1) is 19.9 Å². The number of methoxy groups -OCH3 is 2. The molecule has 2 aliphatic rings. The molecule has 0 amide bonds. The Morgan fingerprint density at radius 2 is 1.62 bits per heavy atom. The van der Waals surface area contributed by atoms with E-state index in [1.165, 1.54) is 64.5 Å². The molecule has 0 radical (unpaired) electrons. The van der Waals surface area contributed by atoms with E-state index in [1.54, 1.807) is 14.2 Å². The number of hydrogen-bond donors (Lipinski definition) is 1. The van der Waals surface area contributed by atoms with Crippen molar-refractivity contribution in [3.8, 4) is 11.5 Å². The summed E-state index contributed by atoms with van der Waals surface area (Å²) in [6.45, 7) is 2.43. The molecule has 0 atom stereocenters. The van der Waals surface area contributed by atoms with Gasteiger partial charge in [0.15, 0.2) is 0 Å². The number of anilines is 1. The molecule has 4 nitrogen and oxygen atoms in total. The molecule has 0 unspecified atom stereocenters. The largest absolute Gasteiger partial charge is 0.497 e. The summed E-state index contributed by atoms with van der Waals surface area (Å²) in [6, 6.07) is 7.31. The van der Waals surface area contributed by atoms with Crippen molar-refractivity contribution < 1.29 is 9.47 Å². The number of hydrogen-bond acceptors (Lipinski definition) is 4. The Balaban J connectivity index is 1.55. The van der Waals surface area contributed by atoms with Gasteiger partial charge in [-0.05, 0) is 37.8 Å². The first-order valence-electron chi connectivity index (χ1n) is 9.53. The molecule has 1 heterocycles. The van der Waals surface area contributed by atoms with Gasteiger partial charge in [-0.3, -0.25) is 0 Å². The lowest BCUT2D eigenvalue weighted by Gasteiger charge is -2.38. The van der Waals surface area contributed by atoms with E-state index in [-0.39, 0.29) is 0 Å². The fraction of sp³-hybridized carbons (Fsp3) is 0.700. The third-order valence-electron chi connectivity index (χ3n) is 5.64. The average Bonchev–Trinajstić information content (AvgIpc) is 2.92. The third-order valence-corrected chi connectivity index (χ3v) is 5.64. The lowest BCUT2D eigenvalue weighted by atomic mass is 9.99. The first-order chi connectivity index (χ1) is 11.8. The molecule has 1 N–H and O–H groups in total. The lowest BCUT2D eigenvalue weighted by Crippen LogP contribution is -2.44. The quantitative estimate of drug-likeness (QED) is 0.815. The lowest BCUT2D eigenvalue weighted by molar-refractivity contribution is 0.143. The maximum Gasteiger partial charge on any atom is 0.142 e. The number of rotatable bonds is 5.